The van der Waals surface area contributed by atoms with E-state index in [1.807, 2.05) is 7.11 Å². The Morgan fingerprint density at radius 1 is 1.41 bits per heavy atom. The summed E-state index contributed by atoms with van der Waals surface area (Å²) in [7, 11) is 1.85. The second kappa shape index (κ2) is 5.68. The molecule has 3 atom stereocenters. The van der Waals surface area contributed by atoms with Gasteiger partial charge in [0, 0.05) is 26.2 Å². The van der Waals surface area contributed by atoms with Gasteiger partial charge in [-0.2, -0.15) is 0 Å². The van der Waals surface area contributed by atoms with Crippen molar-refractivity contribution in [2.75, 3.05) is 33.3 Å². The van der Waals surface area contributed by atoms with Crippen molar-refractivity contribution in [3.63, 3.8) is 0 Å². The highest BCUT2D eigenvalue weighted by molar-refractivity contribution is 4.88. The fourth-order valence-corrected chi connectivity index (χ4v) is 3.27. The third-order valence-electron chi connectivity index (χ3n) is 4.62. The highest BCUT2D eigenvalue weighted by Crippen LogP contribution is 2.25. The molecule has 0 saturated carbocycles. The molecule has 2 rings (SSSR count). The summed E-state index contributed by atoms with van der Waals surface area (Å²) in [6.45, 7) is 9.36. The third-order valence-corrected chi connectivity index (χ3v) is 4.62. The van der Waals surface area contributed by atoms with Crippen LogP contribution in [-0.4, -0.2) is 49.8 Å². The first-order valence-corrected chi connectivity index (χ1v) is 7.14. The minimum Gasteiger partial charge on any atom is -0.377 e. The Kier molecular flexibility index (Phi) is 4.45. The van der Waals surface area contributed by atoms with Crippen LogP contribution in [-0.2, 0) is 4.74 Å². The largest absolute Gasteiger partial charge is 0.377 e. The Morgan fingerprint density at radius 2 is 2.24 bits per heavy atom. The average Bonchev–Trinajstić information content (AvgIpc) is 2.32. The van der Waals surface area contributed by atoms with E-state index in [1.54, 1.807) is 0 Å². The van der Waals surface area contributed by atoms with Crippen molar-refractivity contribution < 1.29 is 4.74 Å². The van der Waals surface area contributed by atoms with E-state index < -0.39 is 0 Å². The van der Waals surface area contributed by atoms with Crippen LogP contribution in [0.1, 0.15) is 39.5 Å². The zero-order valence-corrected chi connectivity index (χ0v) is 11.7. The lowest BCUT2D eigenvalue weighted by Gasteiger charge is -2.42. The molecule has 100 valence electrons. The monoisotopic (exact) mass is 240 g/mol. The van der Waals surface area contributed by atoms with Gasteiger partial charge >= 0.3 is 0 Å². The summed E-state index contributed by atoms with van der Waals surface area (Å²) in [5.41, 5.74) is 0.0795. The SMILES string of the molecule is COC1(C)CCCN(CC2NCCCC2C)C1. The maximum Gasteiger partial charge on any atom is 0.0777 e. The van der Waals surface area contributed by atoms with Crippen LogP contribution >= 0.6 is 0 Å². The van der Waals surface area contributed by atoms with Gasteiger partial charge in [-0.25, -0.2) is 0 Å². The molecule has 0 radical (unpaired) electrons. The predicted molar refractivity (Wildman–Crippen MR) is 71.3 cm³/mol. The van der Waals surface area contributed by atoms with Crippen molar-refractivity contribution in [2.45, 2.75) is 51.2 Å². The van der Waals surface area contributed by atoms with Gasteiger partial charge < -0.3 is 10.1 Å². The summed E-state index contributed by atoms with van der Waals surface area (Å²) in [6, 6.07) is 0.683. The molecule has 2 aliphatic rings. The van der Waals surface area contributed by atoms with Gasteiger partial charge in [-0.15, -0.1) is 0 Å². The quantitative estimate of drug-likeness (QED) is 0.815. The van der Waals surface area contributed by atoms with Crippen molar-refractivity contribution in [3.8, 4) is 0 Å². The minimum atomic E-state index is 0.0795. The Balaban J connectivity index is 1.85. The number of nitrogens with one attached hydrogen (secondary N) is 1. The lowest BCUT2D eigenvalue weighted by Crippen LogP contribution is -2.54. The molecule has 0 aromatic heterocycles. The van der Waals surface area contributed by atoms with Crippen LogP contribution in [0.2, 0.25) is 0 Å². The van der Waals surface area contributed by atoms with E-state index in [4.69, 9.17) is 4.74 Å². The number of nitrogens with zero attached hydrogens (tertiary/aromatic N) is 1. The third kappa shape index (κ3) is 3.43. The molecule has 3 unspecified atom stereocenters. The number of rotatable bonds is 3. The number of hydrogen-bond acceptors (Lipinski definition) is 3. The maximum absolute atomic E-state index is 5.66. The molecule has 2 aliphatic heterocycles. The van der Waals surface area contributed by atoms with E-state index in [1.165, 1.54) is 45.3 Å². The van der Waals surface area contributed by atoms with Gasteiger partial charge in [0.2, 0.25) is 0 Å². The second-order valence-corrected chi connectivity index (χ2v) is 6.17. The van der Waals surface area contributed by atoms with Crippen LogP contribution in [0, 0.1) is 5.92 Å². The Hall–Kier alpha value is -0.120. The van der Waals surface area contributed by atoms with Gasteiger partial charge in [-0.05, 0) is 51.6 Å². The molecule has 2 saturated heterocycles. The summed E-state index contributed by atoms with van der Waals surface area (Å²) in [6.07, 6.45) is 5.19. The Labute approximate surface area is 106 Å². The molecule has 3 heteroatoms. The van der Waals surface area contributed by atoms with Crippen LogP contribution in [0.4, 0.5) is 0 Å². The molecule has 1 N–H and O–H groups in total. The molecular formula is C14H28N2O. The fourth-order valence-electron chi connectivity index (χ4n) is 3.27. The molecule has 3 nitrogen and oxygen atoms in total. The molecule has 2 fully saturated rings. The van der Waals surface area contributed by atoms with E-state index in [-0.39, 0.29) is 5.60 Å². The van der Waals surface area contributed by atoms with Crippen LogP contribution < -0.4 is 5.32 Å². The van der Waals surface area contributed by atoms with E-state index >= 15 is 0 Å². The Bertz CT molecular complexity index is 246. The summed E-state index contributed by atoms with van der Waals surface area (Å²) in [4.78, 5) is 2.59. The number of hydrogen-bond donors (Lipinski definition) is 1. The fraction of sp³-hybridized carbons (Fsp3) is 1.00. The molecule has 0 aromatic rings. The zero-order chi connectivity index (χ0) is 12.3. The second-order valence-electron chi connectivity index (χ2n) is 6.17. The van der Waals surface area contributed by atoms with Crippen LogP contribution in [0.3, 0.4) is 0 Å². The molecule has 2 heterocycles. The highest BCUT2D eigenvalue weighted by Gasteiger charge is 2.32. The number of piperidine rings is 2. The smallest absolute Gasteiger partial charge is 0.0777 e. The van der Waals surface area contributed by atoms with E-state index in [2.05, 4.69) is 24.1 Å². The van der Waals surface area contributed by atoms with Crippen molar-refractivity contribution in [1.82, 2.24) is 10.2 Å². The number of ether oxygens (including phenoxy) is 1. The van der Waals surface area contributed by atoms with Gasteiger partial charge in [0.15, 0.2) is 0 Å². The summed E-state index contributed by atoms with van der Waals surface area (Å²) in [5.74, 6) is 0.819. The lowest BCUT2D eigenvalue weighted by molar-refractivity contribution is -0.0538. The molecular weight excluding hydrogens is 212 g/mol. The van der Waals surface area contributed by atoms with Crippen molar-refractivity contribution >= 4 is 0 Å². The van der Waals surface area contributed by atoms with Crippen molar-refractivity contribution in [2.24, 2.45) is 5.92 Å². The first kappa shape index (κ1) is 13.3. The van der Waals surface area contributed by atoms with E-state index in [0.717, 1.165) is 12.5 Å². The maximum atomic E-state index is 5.66. The Morgan fingerprint density at radius 3 is 2.94 bits per heavy atom. The summed E-state index contributed by atoms with van der Waals surface area (Å²) in [5, 5.41) is 3.68. The van der Waals surface area contributed by atoms with Crippen LogP contribution in [0.5, 0.6) is 0 Å². The van der Waals surface area contributed by atoms with Crippen molar-refractivity contribution in [3.05, 3.63) is 0 Å². The minimum absolute atomic E-state index is 0.0795. The molecule has 0 aliphatic carbocycles. The first-order valence-electron chi connectivity index (χ1n) is 7.14. The van der Waals surface area contributed by atoms with Gasteiger partial charge in [-0.3, -0.25) is 4.90 Å². The molecule has 0 bridgehead atoms. The number of likely N-dealkylation sites (tertiary alicyclic amines) is 1. The summed E-state index contributed by atoms with van der Waals surface area (Å²) < 4.78 is 5.66. The molecule has 17 heavy (non-hydrogen) atoms. The number of methoxy groups -OCH3 is 1. The standard InChI is InChI=1S/C14H28N2O/c1-12-6-4-8-15-13(12)10-16-9-5-7-14(2,11-16)17-3/h12-13,15H,4-11H2,1-3H3. The normalized spacial score (nSPS) is 40.4. The van der Waals surface area contributed by atoms with Crippen LogP contribution in [0.15, 0.2) is 0 Å². The van der Waals surface area contributed by atoms with E-state index in [0.29, 0.717) is 6.04 Å². The topological polar surface area (TPSA) is 24.5 Å². The van der Waals surface area contributed by atoms with Crippen molar-refractivity contribution in [1.29, 1.82) is 0 Å². The zero-order valence-electron chi connectivity index (χ0n) is 11.7. The van der Waals surface area contributed by atoms with Crippen LogP contribution in [0.25, 0.3) is 0 Å². The highest BCUT2D eigenvalue weighted by atomic mass is 16.5. The van der Waals surface area contributed by atoms with Gasteiger partial charge in [-0.1, -0.05) is 6.92 Å². The lowest BCUT2D eigenvalue weighted by atomic mass is 9.90. The summed E-state index contributed by atoms with van der Waals surface area (Å²) >= 11 is 0. The predicted octanol–water partition coefficient (Wildman–Crippen LogP) is 1.88. The molecule has 0 spiro atoms. The molecule has 0 aromatic carbocycles. The van der Waals surface area contributed by atoms with E-state index in [9.17, 15) is 0 Å². The van der Waals surface area contributed by atoms with Gasteiger partial charge in [0.25, 0.3) is 0 Å². The van der Waals surface area contributed by atoms with Gasteiger partial charge in [0.05, 0.1) is 5.60 Å². The first-order chi connectivity index (χ1) is 8.13. The average molecular weight is 240 g/mol. The van der Waals surface area contributed by atoms with Gasteiger partial charge in [0.1, 0.15) is 0 Å². The molecule has 0 amide bonds.